The number of hydrogen-bond donors (Lipinski definition) is 3. The second-order valence-electron chi connectivity index (χ2n) is 5.20. The van der Waals surface area contributed by atoms with Gasteiger partial charge in [0, 0.05) is 11.1 Å². The van der Waals surface area contributed by atoms with Gasteiger partial charge in [0.05, 0.1) is 24.5 Å². The van der Waals surface area contributed by atoms with E-state index in [9.17, 15) is 15.0 Å². The standard InChI is InChI=1S/C18H15N3O3/c22-15-6-3-5-13(8-15)18-19-10-14(11-20-18)21-17(24)9-12-4-1-2-7-16(12)23/h1-8,10-11,22-23H,9H2,(H,21,24). The molecule has 0 aliphatic rings. The topological polar surface area (TPSA) is 95.3 Å². The van der Waals surface area contributed by atoms with E-state index in [0.29, 0.717) is 22.6 Å². The van der Waals surface area contributed by atoms with E-state index < -0.39 is 0 Å². The maximum atomic E-state index is 12.0. The smallest absolute Gasteiger partial charge is 0.229 e. The van der Waals surface area contributed by atoms with Crippen LogP contribution >= 0.6 is 0 Å². The first-order valence-electron chi connectivity index (χ1n) is 7.30. The molecule has 0 saturated carbocycles. The van der Waals surface area contributed by atoms with E-state index in [1.54, 1.807) is 42.5 Å². The molecule has 1 amide bonds. The molecule has 0 saturated heterocycles. The molecule has 0 bridgehead atoms. The van der Waals surface area contributed by atoms with E-state index in [2.05, 4.69) is 15.3 Å². The lowest BCUT2D eigenvalue weighted by atomic mass is 10.1. The molecule has 2 aromatic carbocycles. The minimum atomic E-state index is -0.273. The van der Waals surface area contributed by atoms with Gasteiger partial charge < -0.3 is 15.5 Å². The molecular weight excluding hydrogens is 306 g/mol. The Labute approximate surface area is 138 Å². The second-order valence-corrected chi connectivity index (χ2v) is 5.20. The van der Waals surface area contributed by atoms with Crippen LogP contribution in [0.2, 0.25) is 0 Å². The van der Waals surface area contributed by atoms with Gasteiger partial charge in [0.1, 0.15) is 11.5 Å². The Bertz CT molecular complexity index is 863. The van der Waals surface area contributed by atoms with Gasteiger partial charge >= 0.3 is 0 Å². The van der Waals surface area contributed by atoms with E-state index >= 15 is 0 Å². The minimum absolute atomic E-state index is 0.0565. The molecule has 3 aromatic rings. The van der Waals surface area contributed by atoms with Gasteiger partial charge in [0.15, 0.2) is 5.82 Å². The van der Waals surface area contributed by atoms with Crippen molar-refractivity contribution in [2.24, 2.45) is 0 Å². The summed E-state index contributed by atoms with van der Waals surface area (Å²) in [5.41, 5.74) is 1.69. The molecule has 3 rings (SSSR count). The fourth-order valence-corrected chi connectivity index (χ4v) is 2.23. The average molecular weight is 321 g/mol. The third kappa shape index (κ3) is 3.67. The van der Waals surface area contributed by atoms with Crippen LogP contribution in [0.1, 0.15) is 5.56 Å². The molecule has 0 radical (unpaired) electrons. The number of aromatic hydroxyl groups is 2. The van der Waals surface area contributed by atoms with Gasteiger partial charge in [-0.25, -0.2) is 9.97 Å². The fraction of sp³-hybridized carbons (Fsp3) is 0.0556. The summed E-state index contributed by atoms with van der Waals surface area (Å²) in [4.78, 5) is 20.4. The lowest BCUT2D eigenvalue weighted by Gasteiger charge is -2.07. The monoisotopic (exact) mass is 321 g/mol. The zero-order chi connectivity index (χ0) is 16.9. The van der Waals surface area contributed by atoms with Gasteiger partial charge in [-0.3, -0.25) is 4.79 Å². The summed E-state index contributed by atoms with van der Waals surface area (Å²) < 4.78 is 0. The number of phenolic OH excluding ortho intramolecular Hbond substituents is 2. The van der Waals surface area contributed by atoms with E-state index in [0.717, 1.165) is 0 Å². The Hall–Kier alpha value is -3.41. The van der Waals surface area contributed by atoms with Crippen molar-refractivity contribution in [3.63, 3.8) is 0 Å². The minimum Gasteiger partial charge on any atom is -0.508 e. The predicted molar refractivity (Wildman–Crippen MR) is 89.6 cm³/mol. The van der Waals surface area contributed by atoms with Crippen LogP contribution in [0.25, 0.3) is 11.4 Å². The second kappa shape index (κ2) is 6.78. The number of carbonyl (C=O) groups is 1. The summed E-state index contributed by atoms with van der Waals surface area (Å²) in [5, 5.41) is 21.8. The Balaban J connectivity index is 1.68. The van der Waals surface area contributed by atoms with Gasteiger partial charge in [-0.05, 0) is 18.2 Å². The summed E-state index contributed by atoms with van der Waals surface area (Å²) in [6.07, 6.45) is 3.05. The molecule has 3 N–H and O–H groups in total. The number of anilines is 1. The zero-order valence-corrected chi connectivity index (χ0v) is 12.7. The number of aromatic nitrogens is 2. The molecule has 1 heterocycles. The van der Waals surface area contributed by atoms with Crippen LogP contribution < -0.4 is 5.32 Å². The van der Waals surface area contributed by atoms with Crippen molar-refractivity contribution in [2.75, 3.05) is 5.32 Å². The first-order chi connectivity index (χ1) is 11.6. The van der Waals surface area contributed by atoms with Gasteiger partial charge in [-0.2, -0.15) is 0 Å². The molecule has 6 heteroatoms. The van der Waals surface area contributed by atoms with Crippen molar-refractivity contribution in [3.8, 4) is 22.9 Å². The van der Waals surface area contributed by atoms with Crippen molar-refractivity contribution in [1.82, 2.24) is 9.97 Å². The Morgan fingerprint density at radius 1 is 1.00 bits per heavy atom. The first-order valence-corrected chi connectivity index (χ1v) is 7.30. The molecule has 24 heavy (non-hydrogen) atoms. The lowest BCUT2D eigenvalue weighted by molar-refractivity contribution is -0.115. The third-order valence-corrected chi connectivity index (χ3v) is 3.38. The molecule has 0 spiro atoms. The quantitative estimate of drug-likeness (QED) is 0.687. The number of carbonyl (C=O) groups excluding carboxylic acids is 1. The normalized spacial score (nSPS) is 10.3. The number of nitrogens with one attached hydrogen (secondary N) is 1. The number of hydrogen-bond acceptors (Lipinski definition) is 5. The first kappa shape index (κ1) is 15.5. The van der Waals surface area contributed by atoms with Gasteiger partial charge in [0.2, 0.25) is 5.91 Å². The molecule has 0 aliphatic heterocycles. The third-order valence-electron chi connectivity index (χ3n) is 3.38. The largest absolute Gasteiger partial charge is 0.508 e. The number of benzene rings is 2. The molecular formula is C18H15N3O3. The fourth-order valence-electron chi connectivity index (χ4n) is 2.23. The van der Waals surface area contributed by atoms with Gasteiger partial charge in [-0.15, -0.1) is 0 Å². The number of phenols is 2. The molecule has 6 nitrogen and oxygen atoms in total. The van der Waals surface area contributed by atoms with Crippen molar-refractivity contribution < 1.29 is 15.0 Å². The van der Waals surface area contributed by atoms with Crippen molar-refractivity contribution in [1.29, 1.82) is 0 Å². The predicted octanol–water partition coefficient (Wildman–Crippen LogP) is 2.74. The highest BCUT2D eigenvalue weighted by molar-refractivity contribution is 5.92. The Morgan fingerprint density at radius 2 is 1.75 bits per heavy atom. The van der Waals surface area contributed by atoms with E-state index in [-0.39, 0.29) is 23.8 Å². The van der Waals surface area contributed by atoms with Crippen LogP contribution in [0.4, 0.5) is 5.69 Å². The SMILES string of the molecule is O=C(Cc1ccccc1O)Nc1cnc(-c2cccc(O)c2)nc1. The highest BCUT2D eigenvalue weighted by atomic mass is 16.3. The van der Waals surface area contributed by atoms with Crippen molar-refractivity contribution in [3.05, 3.63) is 66.5 Å². The van der Waals surface area contributed by atoms with E-state index in [1.165, 1.54) is 18.5 Å². The lowest BCUT2D eigenvalue weighted by Crippen LogP contribution is -2.14. The number of amides is 1. The van der Waals surface area contributed by atoms with E-state index in [1.807, 2.05) is 0 Å². The van der Waals surface area contributed by atoms with Crippen LogP contribution in [-0.2, 0) is 11.2 Å². The van der Waals surface area contributed by atoms with Crippen LogP contribution in [0, 0.1) is 0 Å². The average Bonchev–Trinajstić information content (AvgIpc) is 2.58. The summed E-state index contributed by atoms with van der Waals surface area (Å²) in [6, 6.07) is 13.3. The number of nitrogens with zero attached hydrogens (tertiary/aromatic N) is 2. The van der Waals surface area contributed by atoms with Crippen molar-refractivity contribution >= 4 is 11.6 Å². The summed E-state index contributed by atoms with van der Waals surface area (Å²) >= 11 is 0. The molecule has 0 aliphatic carbocycles. The van der Waals surface area contributed by atoms with E-state index in [4.69, 9.17) is 0 Å². The van der Waals surface area contributed by atoms with Crippen LogP contribution in [0.15, 0.2) is 60.9 Å². The highest BCUT2D eigenvalue weighted by Crippen LogP contribution is 2.20. The van der Waals surface area contributed by atoms with Crippen molar-refractivity contribution in [2.45, 2.75) is 6.42 Å². The molecule has 0 fully saturated rings. The summed E-state index contributed by atoms with van der Waals surface area (Å²) in [7, 11) is 0. The maximum Gasteiger partial charge on any atom is 0.229 e. The Morgan fingerprint density at radius 3 is 2.46 bits per heavy atom. The number of rotatable bonds is 4. The van der Waals surface area contributed by atoms with Gasteiger partial charge in [-0.1, -0.05) is 30.3 Å². The van der Waals surface area contributed by atoms with Crippen LogP contribution in [0.5, 0.6) is 11.5 Å². The highest BCUT2D eigenvalue weighted by Gasteiger charge is 2.08. The van der Waals surface area contributed by atoms with Crippen LogP contribution in [0.3, 0.4) is 0 Å². The van der Waals surface area contributed by atoms with Crippen LogP contribution in [-0.4, -0.2) is 26.1 Å². The molecule has 120 valence electrons. The summed E-state index contributed by atoms with van der Waals surface area (Å²) in [6.45, 7) is 0. The Kier molecular flexibility index (Phi) is 4.38. The molecule has 0 atom stereocenters. The van der Waals surface area contributed by atoms with Gasteiger partial charge in [0.25, 0.3) is 0 Å². The molecule has 1 aromatic heterocycles. The molecule has 0 unspecified atom stereocenters. The number of para-hydroxylation sites is 1. The zero-order valence-electron chi connectivity index (χ0n) is 12.7. The maximum absolute atomic E-state index is 12.0. The summed E-state index contributed by atoms with van der Waals surface area (Å²) in [5.74, 6) is 0.397.